The number of aryl methyl sites for hydroxylation is 1. The molecule has 0 bridgehead atoms. The molecule has 0 radical (unpaired) electrons. The Hall–Kier alpha value is -3.64. The molecule has 7 heteroatoms. The molecule has 2 amide bonds. The summed E-state index contributed by atoms with van der Waals surface area (Å²) in [6.07, 6.45) is 1.24. The molecule has 172 valence electrons. The van der Waals surface area contributed by atoms with Crippen molar-refractivity contribution >= 4 is 40.0 Å². The number of carbonyl (C=O) groups is 2. The lowest BCUT2D eigenvalue weighted by Crippen LogP contribution is -2.41. The van der Waals surface area contributed by atoms with Gasteiger partial charge in [0.2, 0.25) is 5.91 Å². The predicted molar refractivity (Wildman–Crippen MR) is 135 cm³/mol. The number of piperidine rings is 1. The number of nitrogens with one attached hydrogen (secondary N) is 1. The summed E-state index contributed by atoms with van der Waals surface area (Å²) in [6.45, 7) is 2.98. The van der Waals surface area contributed by atoms with Gasteiger partial charge in [0.15, 0.2) is 0 Å². The SMILES string of the molecule is Cc1cc(NC(=O)C2CCN(C(=O)c3cccc4ccccc34)CC2)n(-c2cccc(Cl)c2)n1. The first kappa shape index (κ1) is 22.2. The topological polar surface area (TPSA) is 67.2 Å². The standard InChI is InChI=1S/C27H25ClN4O2/c1-18-16-25(32(30-18)22-9-5-8-21(28)17-22)29-26(33)20-12-14-31(15-13-20)27(34)24-11-4-7-19-6-2-3-10-23(19)24/h2-11,16-17,20H,12-15H2,1H3,(H,29,33). The molecule has 1 aromatic heterocycles. The average molecular weight is 473 g/mol. The van der Waals surface area contributed by atoms with E-state index in [0.29, 0.717) is 42.3 Å². The van der Waals surface area contributed by atoms with E-state index >= 15 is 0 Å². The van der Waals surface area contributed by atoms with E-state index in [1.165, 1.54) is 0 Å². The fraction of sp³-hybridized carbons (Fsp3) is 0.222. The van der Waals surface area contributed by atoms with Crippen molar-refractivity contribution in [2.75, 3.05) is 18.4 Å². The number of hydrogen-bond acceptors (Lipinski definition) is 3. The summed E-state index contributed by atoms with van der Waals surface area (Å²) < 4.78 is 1.69. The second kappa shape index (κ2) is 9.31. The number of amides is 2. The van der Waals surface area contributed by atoms with Crippen molar-refractivity contribution in [1.29, 1.82) is 0 Å². The van der Waals surface area contributed by atoms with E-state index in [9.17, 15) is 9.59 Å². The van der Waals surface area contributed by atoms with Gasteiger partial charge < -0.3 is 10.2 Å². The van der Waals surface area contributed by atoms with E-state index in [0.717, 1.165) is 22.2 Å². The molecule has 1 saturated heterocycles. The van der Waals surface area contributed by atoms with E-state index in [4.69, 9.17) is 11.6 Å². The second-order valence-electron chi connectivity index (χ2n) is 8.65. The highest BCUT2D eigenvalue weighted by atomic mass is 35.5. The van der Waals surface area contributed by atoms with Gasteiger partial charge in [-0.25, -0.2) is 4.68 Å². The number of nitrogens with zero attached hydrogens (tertiary/aromatic N) is 3. The van der Waals surface area contributed by atoms with E-state index in [1.54, 1.807) is 16.8 Å². The minimum absolute atomic E-state index is 0.0188. The van der Waals surface area contributed by atoms with Gasteiger partial charge in [-0.2, -0.15) is 5.10 Å². The highest BCUT2D eigenvalue weighted by molar-refractivity contribution is 6.30. The van der Waals surface area contributed by atoms with Crippen LogP contribution in [0.3, 0.4) is 0 Å². The van der Waals surface area contributed by atoms with Crippen molar-refractivity contribution in [2.24, 2.45) is 5.92 Å². The fourth-order valence-electron chi connectivity index (χ4n) is 4.55. The van der Waals surface area contributed by atoms with Crippen molar-refractivity contribution in [2.45, 2.75) is 19.8 Å². The van der Waals surface area contributed by atoms with Crippen LogP contribution in [0.4, 0.5) is 5.82 Å². The van der Waals surface area contributed by atoms with Gasteiger partial charge in [0.05, 0.1) is 11.4 Å². The van der Waals surface area contributed by atoms with Crippen molar-refractivity contribution in [3.63, 3.8) is 0 Å². The van der Waals surface area contributed by atoms with Crippen LogP contribution < -0.4 is 5.32 Å². The third kappa shape index (κ3) is 4.41. The van der Waals surface area contributed by atoms with Gasteiger partial charge in [0, 0.05) is 35.7 Å². The first-order chi connectivity index (χ1) is 16.5. The van der Waals surface area contributed by atoms with E-state index in [1.807, 2.05) is 72.5 Å². The number of rotatable bonds is 4. The normalized spacial score (nSPS) is 14.4. The number of hydrogen-bond donors (Lipinski definition) is 1. The summed E-state index contributed by atoms with van der Waals surface area (Å²) in [5.41, 5.74) is 2.29. The zero-order valence-corrected chi connectivity index (χ0v) is 19.6. The van der Waals surface area contributed by atoms with Crippen molar-refractivity contribution in [3.8, 4) is 5.69 Å². The molecule has 0 saturated carbocycles. The lowest BCUT2D eigenvalue weighted by atomic mass is 9.95. The maximum Gasteiger partial charge on any atom is 0.254 e. The van der Waals surface area contributed by atoms with Crippen molar-refractivity contribution in [3.05, 3.63) is 89.1 Å². The Labute approximate surface area is 203 Å². The predicted octanol–water partition coefficient (Wildman–Crippen LogP) is 5.48. The molecule has 0 unspecified atom stereocenters. The Kier molecular flexibility index (Phi) is 6.07. The molecule has 2 heterocycles. The smallest absolute Gasteiger partial charge is 0.254 e. The summed E-state index contributed by atoms with van der Waals surface area (Å²) in [4.78, 5) is 28.1. The van der Waals surface area contributed by atoms with E-state index < -0.39 is 0 Å². The summed E-state index contributed by atoms with van der Waals surface area (Å²) in [6, 6.07) is 22.9. The zero-order chi connectivity index (χ0) is 23.7. The molecule has 0 spiro atoms. The Morgan fingerprint density at radius 3 is 2.50 bits per heavy atom. The third-order valence-electron chi connectivity index (χ3n) is 6.31. The Morgan fingerprint density at radius 2 is 1.71 bits per heavy atom. The third-order valence-corrected chi connectivity index (χ3v) is 6.54. The minimum Gasteiger partial charge on any atom is -0.339 e. The van der Waals surface area contributed by atoms with Crippen LogP contribution in [0.15, 0.2) is 72.8 Å². The second-order valence-corrected chi connectivity index (χ2v) is 9.08. The van der Waals surface area contributed by atoms with Gasteiger partial charge in [-0.1, -0.05) is 54.1 Å². The lowest BCUT2D eigenvalue weighted by Gasteiger charge is -2.31. The van der Waals surface area contributed by atoms with Crippen LogP contribution in [-0.4, -0.2) is 39.6 Å². The molecule has 5 rings (SSSR count). The van der Waals surface area contributed by atoms with E-state index in [2.05, 4.69) is 10.4 Å². The Morgan fingerprint density at radius 1 is 0.971 bits per heavy atom. The molecule has 0 aliphatic carbocycles. The van der Waals surface area contributed by atoms with Gasteiger partial charge in [-0.15, -0.1) is 0 Å². The number of benzene rings is 3. The average Bonchev–Trinajstić information content (AvgIpc) is 3.23. The summed E-state index contributed by atoms with van der Waals surface area (Å²) >= 11 is 6.14. The van der Waals surface area contributed by atoms with Crippen LogP contribution in [0.2, 0.25) is 5.02 Å². The van der Waals surface area contributed by atoms with E-state index in [-0.39, 0.29) is 17.7 Å². The molecular weight excluding hydrogens is 448 g/mol. The van der Waals surface area contributed by atoms with Crippen LogP contribution in [0.25, 0.3) is 16.5 Å². The molecule has 1 aliphatic rings. The quantitative estimate of drug-likeness (QED) is 0.427. The molecule has 6 nitrogen and oxygen atoms in total. The highest BCUT2D eigenvalue weighted by Gasteiger charge is 2.29. The fourth-order valence-corrected chi connectivity index (χ4v) is 4.73. The largest absolute Gasteiger partial charge is 0.339 e. The Bertz CT molecular complexity index is 1370. The van der Waals surface area contributed by atoms with Crippen LogP contribution in [0, 0.1) is 12.8 Å². The molecule has 1 aliphatic heterocycles. The van der Waals surface area contributed by atoms with Crippen molar-refractivity contribution in [1.82, 2.24) is 14.7 Å². The number of fused-ring (bicyclic) bond motifs is 1. The van der Waals surface area contributed by atoms with Gasteiger partial charge in [0.1, 0.15) is 5.82 Å². The van der Waals surface area contributed by atoms with Gasteiger partial charge in [0.25, 0.3) is 5.91 Å². The zero-order valence-electron chi connectivity index (χ0n) is 18.9. The van der Waals surface area contributed by atoms with Crippen LogP contribution in [-0.2, 0) is 4.79 Å². The molecular formula is C27H25ClN4O2. The van der Waals surface area contributed by atoms with Gasteiger partial charge >= 0.3 is 0 Å². The first-order valence-electron chi connectivity index (χ1n) is 11.4. The number of aromatic nitrogens is 2. The number of anilines is 1. The maximum atomic E-state index is 13.2. The summed E-state index contributed by atoms with van der Waals surface area (Å²) in [5, 5.41) is 10.1. The molecule has 0 atom stereocenters. The van der Waals surface area contributed by atoms with Gasteiger partial charge in [-0.3, -0.25) is 9.59 Å². The minimum atomic E-state index is -0.167. The summed E-state index contributed by atoms with van der Waals surface area (Å²) in [7, 11) is 0. The van der Waals surface area contributed by atoms with Crippen LogP contribution >= 0.6 is 11.6 Å². The highest BCUT2D eigenvalue weighted by Crippen LogP contribution is 2.26. The molecule has 1 fully saturated rings. The van der Waals surface area contributed by atoms with Gasteiger partial charge in [-0.05, 0) is 54.8 Å². The molecule has 1 N–H and O–H groups in total. The number of carbonyl (C=O) groups excluding carboxylic acids is 2. The molecule has 4 aromatic rings. The number of likely N-dealkylation sites (tertiary alicyclic amines) is 1. The monoisotopic (exact) mass is 472 g/mol. The van der Waals surface area contributed by atoms with Crippen LogP contribution in [0.1, 0.15) is 28.9 Å². The Balaban J connectivity index is 1.26. The molecule has 3 aromatic carbocycles. The number of halogens is 1. The lowest BCUT2D eigenvalue weighted by molar-refractivity contribution is -0.121. The maximum absolute atomic E-state index is 13.2. The summed E-state index contributed by atoms with van der Waals surface area (Å²) in [5.74, 6) is 0.407. The first-order valence-corrected chi connectivity index (χ1v) is 11.8. The molecule has 34 heavy (non-hydrogen) atoms. The van der Waals surface area contributed by atoms with Crippen LogP contribution in [0.5, 0.6) is 0 Å². The van der Waals surface area contributed by atoms with Crippen molar-refractivity contribution < 1.29 is 9.59 Å².